The largest absolute Gasteiger partial charge is 0.395 e. The highest BCUT2D eigenvalue weighted by Crippen LogP contribution is 2.36. The maximum atomic E-state index is 13.4. The second-order valence-electron chi connectivity index (χ2n) is 7.00. The quantitative estimate of drug-likeness (QED) is 0.692. The molecule has 1 heterocycles. The average Bonchev–Trinajstić information content (AvgIpc) is 2.93. The zero-order valence-electron chi connectivity index (χ0n) is 16.9. The number of anilines is 2. The number of rotatable bonds is 6. The molecule has 7 nitrogen and oxygen atoms in total. The van der Waals surface area contributed by atoms with E-state index >= 15 is 0 Å². The van der Waals surface area contributed by atoms with Crippen molar-refractivity contribution in [1.82, 2.24) is 4.90 Å². The lowest BCUT2D eigenvalue weighted by molar-refractivity contribution is -0.120. The van der Waals surface area contributed by atoms with Crippen molar-refractivity contribution in [1.29, 1.82) is 0 Å². The van der Waals surface area contributed by atoms with Gasteiger partial charge in [-0.25, -0.2) is 4.90 Å². The normalized spacial score (nSPS) is 13.8. The van der Waals surface area contributed by atoms with Crippen molar-refractivity contribution in [3.63, 3.8) is 0 Å². The van der Waals surface area contributed by atoms with Crippen molar-refractivity contribution in [3.05, 3.63) is 64.3 Å². The number of aliphatic hydroxyl groups is 1. The van der Waals surface area contributed by atoms with Gasteiger partial charge in [0.2, 0.25) is 5.91 Å². The molecule has 0 unspecified atom stereocenters. The fraction of sp³-hybridized carbons (Fsp3) is 0.227. The van der Waals surface area contributed by atoms with Crippen molar-refractivity contribution in [3.8, 4) is 0 Å². The van der Waals surface area contributed by atoms with Crippen molar-refractivity contribution in [2.24, 2.45) is 0 Å². The molecule has 0 radical (unpaired) electrons. The van der Waals surface area contributed by atoms with E-state index in [2.05, 4.69) is 5.32 Å². The first kappa shape index (κ1) is 21.5. The number of likely N-dealkylation sites (N-methyl/N-ethyl adjacent to an activating group) is 1. The topological polar surface area (TPSA) is 90.0 Å². The standard InChI is InChI=1S/C22H22ClN3O4/c1-13-12-16(23)6-9-18(13)26-21(29)19(20(22(26)30)25(3)10-11-27)15-4-7-17(8-5-15)24-14(2)28/h4-9,12,27H,10-11H2,1-3H3,(H,24,28). The zero-order valence-corrected chi connectivity index (χ0v) is 17.7. The Kier molecular flexibility index (Phi) is 6.24. The smallest absolute Gasteiger partial charge is 0.282 e. The number of carbonyl (C=O) groups excluding carboxylic acids is 3. The summed E-state index contributed by atoms with van der Waals surface area (Å²) in [5.41, 5.74) is 2.70. The predicted octanol–water partition coefficient (Wildman–Crippen LogP) is 2.82. The molecular weight excluding hydrogens is 406 g/mol. The molecule has 0 bridgehead atoms. The Morgan fingerprint density at radius 3 is 2.37 bits per heavy atom. The zero-order chi connectivity index (χ0) is 22.0. The fourth-order valence-electron chi connectivity index (χ4n) is 3.41. The van der Waals surface area contributed by atoms with Gasteiger partial charge in [-0.15, -0.1) is 0 Å². The van der Waals surface area contributed by atoms with E-state index in [0.717, 1.165) is 4.90 Å². The molecule has 1 aliphatic rings. The average molecular weight is 428 g/mol. The minimum absolute atomic E-state index is 0.170. The molecule has 1 aliphatic heterocycles. The Morgan fingerprint density at radius 1 is 1.13 bits per heavy atom. The van der Waals surface area contributed by atoms with Crippen molar-refractivity contribution in [2.45, 2.75) is 13.8 Å². The molecule has 8 heteroatoms. The molecule has 0 saturated heterocycles. The Labute approximate surface area is 179 Å². The molecule has 0 aromatic heterocycles. The maximum Gasteiger partial charge on any atom is 0.282 e. The molecule has 0 fully saturated rings. The molecular formula is C22H22ClN3O4. The second kappa shape index (κ2) is 8.69. The van der Waals surface area contributed by atoms with Crippen LogP contribution in [0.5, 0.6) is 0 Å². The first-order valence-corrected chi connectivity index (χ1v) is 9.71. The van der Waals surface area contributed by atoms with Crippen LogP contribution >= 0.6 is 11.6 Å². The molecule has 2 aromatic rings. The van der Waals surface area contributed by atoms with Gasteiger partial charge in [-0.2, -0.15) is 0 Å². The van der Waals surface area contributed by atoms with Crippen LogP contribution in [0.2, 0.25) is 5.02 Å². The third-order valence-electron chi connectivity index (χ3n) is 4.77. The van der Waals surface area contributed by atoms with Crippen LogP contribution in [0.3, 0.4) is 0 Å². The maximum absolute atomic E-state index is 13.4. The van der Waals surface area contributed by atoms with Crippen molar-refractivity contribution in [2.75, 3.05) is 30.4 Å². The molecule has 2 aromatic carbocycles. The van der Waals surface area contributed by atoms with Gasteiger partial charge in [-0.3, -0.25) is 14.4 Å². The number of hydrogen-bond acceptors (Lipinski definition) is 5. The van der Waals surface area contributed by atoms with Gasteiger partial charge in [0.15, 0.2) is 0 Å². The number of halogens is 1. The molecule has 2 N–H and O–H groups in total. The van der Waals surface area contributed by atoms with Gasteiger partial charge >= 0.3 is 0 Å². The van der Waals surface area contributed by atoms with E-state index in [9.17, 15) is 19.5 Å². The summed E-state index contributed by atoms with van der Waals surface area (Å²) in [6.45, 7) is 3.20. The van der Waals surface area contributed by atoms with Gasteiger partial charge < -0.3 is 15.3 Å². The number of benzene rings is 2. The third kappa shape index (κ3) is 4.08. The van der Waals surface area contributed by atoms with Crippen LogP contribution in [-0.2, 0) is 14.4 Å². The lowest BCUT2D eigenvalue weighted by Gasteiger charge is -2.21. The number of aliphatic hydroxyl groups excluding tert-OH is 1. The molecule has 156 valence electrons. The Morgan fingerprint density at radius 2 is 1.80 bits per heavy atom. The van der Waals surface area contributed by atoms with E-state index in [4.69, 9.17) is 11.6 Å². The van der Waals surface area contributed by atoms with E-state index in [0.29, 0.717) is 27.5 Å². The summed E-state index contributed by atoms with van der Waals surface area (Å²) in [6.07, 6.45) is 0. The monoisotopic (exact) mass is 427 g/mol. The van der Waals surface area contributed by atoms with Gasteiger partial charge in [0.05, 0.1) is 17.9 Å². The highest BCUT2D eigenvalue weighted by atomic mass is 35.5. The molecule has 0 spiro atoms. The summed E-state index contributed by atoms with van der Waals surface area (Å²) in [6, 6.07) is 11.6. The van der Waals surface area contributed by atoms with Gasteiger partial charge in [-0.05, 0) is 48.4 Å². The van der Waals surface area contributed by atoms with E-state index in [1.54, 1.807) is 61.3 Å². The van der Waals surface area contributed by atoms with Gasteiger partial charge in [0.25, 0.3) is 11.8 Å². The summed E-state index contributed by atoms with van der Waals surface area (Å²) in [5, 5.41) is 12.5. The molecule has 0 atom stereocenters. The first-order valence-electron chi connectivity index (χ1n) is 9.33. The molecule has 0 saturated carbocycles. The van der Waals surface area contributed by atoms with Crippen LogP contribution < -0.4 is 10.2 Å². The third-order valence-corrected chi connectivity index (χ3v) is 5.01. The van der Waals surface area contributed by atoms with E-state index in [-0.39, 0.29) is 30.3 Å². The summed E-state index contributed by atoms with van der Waals surface area (Å²) in [5.74, 6) is -1.14. The Balaban J connectivity index is 2.09. The van der Waals surface area contributed by atoms with E-state index < -0.39 is 11.8 Å². The number of nitrogens with zero attached hydrogens (tertiary/aromatic N) is 2. The van der Waals surface area contributed by atoms with Crippen LogP contribution in [0, 0.1) is 6.92 Å². The van der Waals surface area contributed by atoms with Gasteiger partial charge in [0, 0.05) is 31.2 Å². The number of nitrogens with one attached hydrogen (secondary N) is 1. The molecule has 3 amide bonds. The van der Waals surface area contributed by atoms with Crippen LogP contribution in [0.15, 0.2) is 48.2 Å². The second-order valence-corrected chi connectivity index (χ2v) is 7.44. The van der Waals surface area contributed by atoms with Crippen molar-refractivity contribution >= 4 is 46.3 Å². The van der Waals surface area contributed by atoms with Crippen molar-refractivity contribution < 1.29 is 19.5 Å². The fourth-order valence-corrected chi connectivity index (χ4v) is 3.63. The van der Waals surface area contributed by atoms with E-state index in [1.807, 2.05) is 0 Å². The van der Waals surface area contributed by atoms with Crippen LogP contribution in [-0.4, -0.2) is 47.9 Å². The Hall–Kier alpha value is -3.16. The molecule has 3 rings (SSSR count). The number of carbonyl (C=O) groups is 3. The highest BCUT2D eigenvalue weighted by Gasteiger charge is 2.42. The number of aryl methyl sites for hydroxylation is 1. The predicted molar refractivity (Wildman–Crippen MR) is 116 cm³/mol. The van der Waals surface area contributed by atoms with Gasteiger partial charge in [0.1, 0.15) is 5.70 Å². The van der Waals surface area contributed by atoms with E-state index in [1.165, 1.54) is 6.92 Å². The minimum atomic E-state index is -0.470. The molecule has 30 heavy (non-hydrogen) atoms. The summed E-state index contributed by atoms with van der Waals surface area (Å²) < 4.78 is 0. The lowest BCUT2D eigenvalue weighted by atomic mass is 10.0. The molecule has 0 aliphatic carbocycles. The highest BCUT2D eigenvalue weighted by molar-refractivity contribution is 6.45. The van der Waals surface area contributed by atoms with Gasteiger partial charge in [-0.1, -0.05) is 23.7 Å². The Bertz CT molecular complexity index is 1050. The summed E-state index contributed by atoms with van der Waals surface area (Å²) in [4.78, 5) is 40.6. The van der Waals surface area contributed by atoms with Crippen LogP contribution in [0.1, 0.15) is 18.1 Å². The van der Waals surface area contributed by atoms with Crippen LogP contribution in [0.4, 0.5) is 11.4 Å². The SMILES string of the molecule is CC(=O)Nc1ccc(C2=C(N(C)CCO)C(=O)N(c3ccc(Cl)cc3C)C2=O)cc1. The number of amides is 3. The number of hydrogen-bond donors (Lipinski definition) is 2. The number of imide groups is 1. The lowest BCUT2D eigenvalue weighted by Crippen LogP contribution is -2.35. The minimum Gasteiger partial charge on any atom is -0.395 e. The summed E-state index contributed by atoms with van der Waals surface area (Å²) in [7, 11) is 1.65. The van der Waals surface area contributed by atoms with Crippen LogP contribution in [0.25, 0.3) is 5.57 Å². The summed E-state index contributed by atoms with van der Waals surface area (Å²) >= 11 is 6.03. The first-order chi connectivity index (χ1) is 14.2.